The van der Waals surface area contributed by atoms with Gasteiger partial charge in [-0.2, -0.15) is 0 Å². The van der Waals surface area contributed by atoms with Crippen molar-refractivity contribution in [3.63, 3.8) is 0 Å². The van der Waals surface area contributed by atoms with Crippen molar-refractivity contribution in [2.75, 3.05) is 32.6 Å². The number of ether oxygens (including phenoxy) is 1. The Morgan fingerprint density at radius 2 is 1.83 bits per heavy atom. The van der Waals surface area contributed by atoms with E-state index < -0.39 is 5.97 Å². The van der Waals surface area contributed by atoms with Gasteiger partial charge in [0, 0.05) is 25.9 Å². The Labute approximate surface area is 183 Å². The molecule has 6 nitrogen and oxygen atoms in total. The lowest BCUT2D eigenvalue weighted by molar-refractivity contribution is -0.130. The number of carbonyl (C=O) groups is 3. The monoisotopic (exact) mass is 432 g/mol. The van der Waals surface area contributed by atoms with Gasteiger partial charge in [-0.25, -0.2) is 4.79 Å². The quantitative estimate of drug-likeness (QED) is 0.524. The predicted molar refractivity (Wildman–Crippen MR) is 120 cm³/mol. The summed E-state index contributed by atoms with van der Waals surface area (Å²) < 4.78 is 4.95. The summed E-state index contributed by atoms with van der Waals surface area (Å²) in [5.74, 6) is 5.95. The van der Waals surface area contributed by atoms with Gasteiger partial charge in [-0.3, -0.25) is 9.59 Å². The first-order valence-electron chi connectivity index (χ1n) is 10.4. The van der Waals surface area contributed by atoms with E-state index in [1.165, 1.54) is 28.2 Å². The number of likely N-dealkylation sites (N-methyl/N-ethyl adjacent to an activating group) is 1. The third-order valence-electron chi connectivity index (χ3n) is 5.28. The first kappa shape index (κ1) is 23.9. The van der Waals surface area contributed by atoms with Crippen LogP contribution in [0.1, 0.15) is 61.0 Å². The second-order valence-electron chi connectivity index (χ2n) is 8.41. The van der Waals surface area contributed by atoms with Crippen LogP contribution >= 0.6 is 11.3 Å². The zero-order valence-corrected chi connectivity index (χ0v) is 19.6. The number of nitrogens with zero attached hydrogens (tertiary/aromatic N) is 2. The number of amides is 2. The average Bonchev–Trinajstić information content (AvgIpc) is 3.13. The largest absolute Gasteiger partial charge is 0.465 e. The fraction of sp³-hybridized carbons (Fsp3) is 0.609. The minimum atomic E-state index is -0.528. The second-order valence-corrected chi connectivity index (χ2v) is 9.46. The highest BCUT2D eigenvalue weighted by molar-refractivity contribution is 7.15. The fourth-order valence-electron chi connectivity index (χ4n) is 3.38. The standard InChI is InChI=1S/C23H32N2O4S/c1-15(2)7-12-18-13-19(21(30-18)23(28)29-6)25(14-20(26)24(4)5)22(27)17-10-8-16(3)9-11-17/h13,15-17H,8-11,14H2,1-6H3. The fourth-order valence-corrected chi connectivity index (χ4v) is 4.32. The van der Waals surface area contributed by atoms with Gasteiger partial charge in [-0.1, -0.05) is 32.6 Å². The Balaban J connectivity index is 2.48. The molecular formula is C23H32N2O4S. The summed E-state index contributed by atoms with van der Waals surface area (Å²) in [6.07, 6.45) is 3.57. The SMILES string of the molecule is COC(=O)c1sc(C#CC(C)C)cc1N(CC(=O)N(C)C)C(=O)C1CCC(C)CC1. The summed E-state index contributed by atoms with van der Waals surface area (Å²) in [6.45, 7) is 6.05. The highest BCUT2D eigenvalue weighted by Crippen LogP contribution is 2.35. The zero-order chi connectivity index (χ0) is 22.4. The molecule has 164 valence electrons. The lowest BCUT2D eigenvalue weighted by atomic mass is 9.82. The van der Waals surface area contributed by atoms with Crippen LogP contribution in [0.15, 0.2) is 6.07 Å². The molecule has 7 heteroatoms. The maximum absolute atomic E-state index is 13.5. The number of thiophene rings is 1. The minimum absolute atomic E-state index is 0.108. The molecule has 0 radical (unpaired) electrons. The third kappa shape index (κ3) is 6.09. The lowest BCUT2D eigenvalue weighted by Gasteiger charge is -2.31. The van der Waals surface area contributed by atoms with Gasteiger partial charge in [0.05, 0.1) is 17.7 Å². The predicted octanol–water partition coefficient (Wildman–Crippen LogP) is 3.79. The normalized spacial score (nSPS) is 18.4. The van der Waals surface area contributed by atoms with Gasteiger partial charge in [0.25, 0.3) is 0 Å². The summed E-state index contributed by atoms with van der Waals surface area (Å²) >= 11 is 1.20. The molecule has 0 aromatic carbocycles. The van der Waals surface area contributed by atoms with E-state index in [1.807, 2.05) is 13.8 Å². The Morgan fingerprint density at radius 3 is 2.37 bits per heavy atom. The third-order valence-corrected chi connectivity index (χ3v) is 6.30. The molecular weight excluding hydrogens is 400 g/mol. The molecule has 0 aliphatic heterocycles. The van der Waals surface area contributed by atoms with Crippen LogP contribution in [0.4, 0.5) is 5.69 Å². The second kappa shape index (κ2) is 10.6. The summed E-state index contributed by atoms with van der Waals surface area (Å²) in [5, 5.41) is 0. The van der Waals surface area contributed by atoms with E-state index in [2.05, 4.69) is 18.8 Å². The molecule has 30 heavy (non-hydrogen) atoms. The Kier molecular flexibility index (Phi) is 8.48. The van der Waals surface area contributed by atoms with Gasteiger partial charge in [0.1, 0.15) is 11.4 Å². The molecule has 2 amide bonds. The molecule has 2 rings (SSSR count). The van der Waals surface area contributed by atoms with Crippen LogP contribution in [0.3, 0.4) is 0 Å². The van der Waals surface area contributed by atoms with Crippen LogP contribution in [0, 0.1) is 29.6 Å². The molecule has 1 heterocycles. The van der Waals surface area contributed by atoms with Gasteiger partial charge in [-0.05, 0) is 37.7 Å². The zero-order valence-electron chi connectivity index (χ0n) is 18.8. The van der Waals surface area contributed by atoms with Crippen molar-refractivity contribution in [3.05, 3.63) is 15.8 Å². The maximum Gasteiger partial charge on any atom is 0.350 e. The molecule has 1 saturated carbocycles. The van der Waals surface area contributed by atoms with E-state index in [0.29, 0.717) is 21.4 Å². The molecule has 1 aromatic rings. The molecule has 0 unspecified atom stereocenters. The van der Waals surface area contributed by atoms with Crippen molar-refractivity contribution >= 4 is 34.8 Å². The molecule has 0 spiro atoms. The first-order chi connectivity index (χ1) is 14.1. The number of esters is 1. The van der Waals surface area contributed by atoms with E-state index in [9.17, 15) is 14.4 Å². The Bertz CT molecular complexity index is 839. The summed E-state index contributed by atoms with van der Waals surface area (Å²) in [4.78, 5) is 42.4. The molecule has 1 aliphatic rings. The molecule has 0 atom stereocenters. The van der Waals surface area contributed by atoms with Crippen molar-refractivity contribution in [3.8, 4) is 11.8 Å². The molecule has 1 aliphatic carbocycles. The van der Waals surface area contributed by atoms with E-state index in [-0.39, 0.29) is 30.2 Å². The number of anilines is 1. The van der Waals surface area contributed by atoms with Gasteiger partial charge < -0.3 is 14.5 Å². The average molecular weight is 433 g/mol. The maximum atomic E-state index is 13.5. The van der Waals surface area contributed by atoms with Crippen molar-refractivity contribution in [1.82, 2.24) is 4.90 Å². The van der Waals surface area contributed by atoms with Crippen LogP contribution in [-0.4, -0.2) is 50.4 Å². The van der Waals surface area contributed by atoms with E-state index in [1.54, 1.807) is 20.2 Å². The Hall–Kier alpha value is -2.33. The molecule has 1 aromatic heterocycles. The molecule has 0 saturated heterocycles. The van der Waals surface area contributed by atoms with Crippen LogP contribution in [-0.2, 0) is 14.3 Å². The van der Waals surface area contributed by atoms with E-state index in [4.69, 9.17) is 4.74 Å². The van der Waals surface area contributed by atoms with Crippen LogP contribution < -0.4 is 4.90 Å². The molecule has 0 bridgehead atoms. The topological polar surface area (TPSA) is 66.9 Å². The minimum Gasteiger partial charge on any atom is -0.465 e. The highest BCUT2D eigenvalue weighted by Gasteiger charge is 2.33. The number of carbonyl (C=O) groups excluding carboxylic acids is 3. The van der Waals surface area contributed by atoms with Crippen LogP contribution in [0.25, 0.3) is 0 Å². The van der Waals surface area contributed by atoms with Gasteiger partial charge >= 0.3 is 5.97 Å². The summed E-state index contributed by atoms with van der Waals surface area (Å²) in [7, 11) is 4.62. The summed E-state index contributed by atoms with van der Waals surface area (Å²) in [6, 6.07) is 1.73. The molecule has 0 N–H and O–H groups in total. The lowest BCUT2D eigenvalue weighted by Crippen LogP contribution is -2.44. The first-order valence-corrected chi connectivity index (χ1v) is 11.2. The van der Waals surface area contributed by atoms with Crippen molar-refractivity contribution < 1.29 is 19.1 Å². The van der Waals surface area contributed by atoms with Crippen LogP contribution in [0.2, 0.25) is 0 Å². The van der Waals surface area contributed by atoms with Gasteiger partial charge in [0.2, 0.25) is 11.8 Å². The highest BCUT2D eigenvalue weighted by atomic mass is 32.1. The van der Waals surface area contributed by atoms with Crippen molar-refractivity contribution in [2.45, 2.75) is 46.5 Å². The van der Waals surface area contributed by atoms with E-state index >= 15 is 0 Å². The number of rotatable bonds is 5. The van der Waals surface area contributed by atoms with E-state index in [0.717, 1.165) is 25.7 Å². The van der Waals surface area contributed by atoms with Gasteiger partial charge in [0.15, 0.2) is 0 Å². The number of hydrogen-bond donors (Lipinski definition) is 0. The van der Waals surface area contributed by atoms with Crippen molar-refractivity contribution in [1.29, 1.82) is 0 Å². The number of hydrogen-bond acceptors (Lipinski definition) is 5. The smallest absolute Gasteiger partial charge is 0.350 e. The Morgan fingerprint density at radius 1 is 1.20 bits per heavy atom. The van der Waals surface area contributed by atoms with Crippen LogP contribution in [0.5, 0.6) is 0 Å². The van der Waals surface area contributed by atoms with Gasteiger partial charge in [-0.15, -0.1) is 11.3 Å². The summed E-state index contributed by atoms with van der Waals surface area (Å²) in [5.41, 5.74) is 0.415. The number of methoxy groups -OCH3 is 1. The molecule has 1 fully saturated rings. The van der Waals surface area contributed by atoms with Crippen molar-refractivity contribution in [2.24, 2.45) is 17.8 Å².